The Kier molecular flexibility index (Phi) is 5.15. The highest BCUT2D eigenvalue weighted by Gasteiger charge is 2.42. The van der Waals surface area contributed by atoms with Crippen LogP contribution in [0.5, 0.6) is 5.75 Å². The van der Waals surface area contributed by atoms with Crippen LogP contribution in [0.15, 0.2) is 47.3 Å². The van der Waals surface area contributed by atoms with Gasteiger partial charge in [-0.15, -0.1) is 0 Å². The molecule has 1 aliphatic rings. The Morgan fingerprint density at radius 3 is 2.62 bits per heavy atom. The maximum Gasteiger partial charge on any atom is 0.419 e. The molecule has 0 spiro atoms. The third-order valence-corrected chi connectivity index (χ3v) is 5.46. The lowest BCUT2D eigenvalue weighted by Crippen LogP contribution is -2.43. The van der Waals surface area contributed by atoms with E-state index in [0.29, 0.717) is 16.6 Å². The van der Waals surface area contributed by atoms with E-state index >= 15 is 0 Å². The van der Waals surface area contributed by atoms with Crippen molar-refractivity contribution >= 4 is 22.6 Å². The number of urea groups is 1. The molecule has 1 atom stereocenters. The predicted octanol–water partition coefficient (Wildman–Crippen LogP) is 5.28. The molecule has 1 aromatic heterocycles. The molecule has 3 aromatic rings. The highest BCUT2D eigenvalue weighted by atomic mass is 19.4. The van der Waals surface area contributed by atoms with E-state index in [-0.39, 0.29) is 23.3 Å². The Bertz CT molecular complexity index is 1260. The molecule has 0 saturated carbocycles. The van der Waals surface area contributed by atoms with E-state index in [2.05, 4.69) is 15.6 Å². The number of halogens is 3. The summed E-state index contributed by atoms with van der Waals surface area (Å²) in [6.07, 6.45) is -4.29. The summed E-state index contributed by atoms with van der Waals surface area (Å²) in [6, 6.07) is 9.02. The number of aromatic amines is 1. The van der Waals surface area contributed by atoms with Crippen LogP contribution in [-0.2, 0) is 6.18 Å². The highest BCUT2D eigenvalue weighted by molar-refractivity contribution is 6.01. The number of alkyl halides is 3. The molecule has 32 heavy (non-hydrogen) atoms. The normalized spacial score (nSPS) is 17.4. The van der Waals surface area contributed by atoms with Crippen LogP contribution in [0.25, 0.3) is 10.9 Å². The molecule has 2 heterocycles. The molecule has 1 aliphatic heterocycles. The lowest BCUT2D eigenvalue weighted by Gasteiger charge is -2.39. The Balaban J connectivity index is 1.66. The summed E-state index contributed by atoms with van der Waals surface area (Å²) < 4.78 is 46.2. The van der Waals surface area contributed by atoms with Crippen molar-refractivity contribution < 1.29 is 22.7 Å². The van der Waals surface area contributed by atoms with Crippen molar-refractivity contribution in [1.82, 2.24) is 10.3 Å². The lowest BCUT2D eigenvalue weighted by molar-refractivity contribution is -0.140. The van der Waals surface area contributed by atoms with Crippen LogP contribution in [0.2, 0.25) is 0 Å². The minimum atomic E-state index is -4.58. The molecule has 0 aliphatic carbocycles. The van der Waals surface area contributed by atoms with Gasteiger partial charge in [0, 0.05) is 23.4 Å². The molecule has 4 rings (SSSR count). The van der Waals surface area contributed by atoms with Gasteiger partial charge >= 0.3 is 12.2 Å². The number of carbonyl (C=O) groups is 1. The van der Waals surface area contributed by atoms with Crippen LogP contribution >= 0.6 is 0 Å². The molecule has 168 valence electrons. The van der Waals surface area contributed by atoms with Crippen molar-refractivity contribution in [3.63, 3.8) is 0 Å². The Morgan fingerprint density at radius 1 is 1.16 bits per heavy atom. The smallest absolute Gasteiger partial charge is 0.419 e. The maximum atomic E-state index is 13.5. The second-order valence-corrected chi connectivity index (χ2v) is 8.48. The van der Waals surface area contributed by atoms with Crippen molar-refractivity contribution in [3.05, 3.63) is 69.5 Å². The summed E-state index contributed by atoms with van der Waals surface area (Å²) in [7, 11) is 0. The van der Waals surface area contributed by atoms with Gasteiger partial charge in [-0.1, -0.05) is 18.2 Å². The molecule has 9 heteroatoms. The molecule has 0 radical (unpaired) electrons. The second-order valence-electron chi connectivity index (χ2n) is 8.48. The van der Waals surface area contributed by atoms with E-state index in [1.807, 2.05) is 6.92 Å². The molecule has 3 N–H and O–H groups in total. The molecule has 0 fully saturated rings. The van der Waals surface area contributed by atoms with E-state index in [9.17, 15) is 22.8 Å². The van der Waals surface area contributed by atoms with Crippen LogP contribution in [0, 0.1) is 6.92 Å². The summed E-state index contributed by atoms with van der Waals surface area (Å²) in [5.74, 6) is -0.263. The van der Waals surface area contributed by atoms with Crippen LogP contribution in [0.4, 0.5) is 23.7 Å². The van der Waals surface area contributed by atoms with Crippen LogP contribution in [0.1, 0.15) is 43.0 Å². The number of hydrogen-bond donors (Lipinski definition) is 3. The Labute approximate surface area is 181 Å². The summed E-state index contributed by atoms with van der Waals surface area (Å²) >= 11 is 0. The van der Waals surface area contributed by atoms with Gasteiger partial charge in [-0.3, -0.25) is 4.79 Å². The fourth-order valence-corrected chi connectivity index (χ4v) is 4.03. The van der Waals surface area contributed by atoms with Gasteiger partial charge in [0.25, 0.3) is 0 Å². The number of aryl methyl sites for hydroxylation is 1. The summed E-state index contributed by atoms with van der Waals surface area (Å²) in [4.78, 5) is 27.2. The quantitative estimate of drug-likeness (QED) is 0.502. The van der Waals surface area contributed by atoms with E-state index < -0.39 is 29.4 Å². The topological polar surface area (TPSA) is 83.2 Å². The third kappa shape index (κ3) is 4.15. The highest BCUT2D eigenvalue weighted by Crippen LogP contribution is 2.46. The van der Waals surface area contributed by atoms with E-state index in [4.69, 9.17) is 4.74 Å². The second kappa shape index (κ2) is 7.58. The monoisotopic (exact) mass is 445 g/mol. The number of amides is 2. The van der Waals surface area contributed by atoms with Crippen molar-refractivity contribution in [1.29, 1.82) is 0 Å². The number of rotatable bonds is 2. The summed E-state index contributed by atoms with van der Waals surface area (Å²) in [5, 5.41) is 6.22. The molecule has 2 aromatic carbocycles. The molecule has 6 nitrogen and oxygen atoms in total. The molecule has 0 unspecified atom stereocenters. The number of H-pyrrole nitrogens is 1. The van der Waals surface area contributed by atoms with Gasteiger partial charge < -0.3 is 20.4 Å². The molecular weight excluding hydrogens is 423 g/mol. The summed E-state index contributed by atoms with van der Waals surface area (Å²) in [5.41, 5.74) is 0.0565. The van der Waals surface area contributed by atoms with Crippen LogP contribution in [0.3, 0.4) is 0 Å². The van der Waals surface area contributed by atoms with Gasteiger partial charge in [0.1, 0.15) is 11.4 Å². The number of pyridine rings is 1. The number of nitrogens with one attached hydrogen (secondary N) is 3. The first kappa shape index (κ1) is 21.7. The van der Waals surface area contributed by atoms with E-state index in [0.717, 1.165) is 11.6 Å². The maximum absolute atomic E-state index is 13.5. The fraction of sp³-hybridized carbons (Fsp3) is 0.304. The van der Waals surface area contributed by atoms with Gasteiger partial charge in [0.15, 0.2) is 0 Å². The predicted molar refractivity (Wildman–Crippen MR) is 115 cm³/mol. The average Bonchev–Trinajstić information content (AvgIpc) is 2.68. The minimum Gasteiger partial charge on any atom is -0.487 e. The third-order valence-electron chi connectivity index (χ3n) is 5.46. The van der Waals surface area contributed by atoms with Gasteiger partial charge in [0.2, 0.25) is 5.56 Å². The Morgan fingerprint density at radius 2 is 1.91 bits per heavy atom. The minimum absolute atomic E-state index is 0.263. The molecule has 0 bridgehead atoms. The molecular formula is C23H22F3N3O3. The standard InChI is InChI=1S/C23H22F3N3O3/c1-12-7-9-16-13(8-10-18(30)27-16)19(12)29-21(31)28-17-11-22(2,3)32-20-14(17)5-4-6-15(20)23(24,25)26/h4-10,17H,11H2,1-3H3,(H,27,30)(H2,28,29,31)/t17-/m1/s1. The van der Waals surface area contributed by atoms with Gasteiger partial charge in [-0.25, -0.2) is 4.79 Å². The van der Waals surface area contributed by atoms with Crippen molar-refractivity contribution in [2.24, 2.45) is 0 Å². The lowest BCUT2D eigenvalue weighted by atomic mass is 9.88. The number of para-hydroxylation sites is 1. The zero-order chi connectivity index (χ0) is 23.3. The zero-order valence-electron chi connectivity index (χ0n) is 17.7. The zero-order valence-corrected chi connectivity index (χ0v) is 17.7. The number of carbonyl (C=O) groups excluding carboxylic acids is 1. The number of ether oxygens (including phenoxy) is 1. The largest absolute Gasteiger partial charge is 0.487 e. The van der Waals surface area contributed by atoms with Gasteiger partial charge in [-0.2, -0.15) is 13.2 Å². The first-order valence-corrected chi connectivity index (χ1v) is 10.0. The number of aromatic nitrogens is 1. The van der Waals surface area contributed by atoms with Crippen molar-refractivity contribution in [2.45, 2.75) is 45.0 Å². The first-order chi connectivity index (χ1) is 14.9. The van der Waals surface area contributed by atoms with Crippen molar-refractivity contribution in [3.8, 4) is 5.75 Å². The molecule has 2 amide bonds. The number of benzene rings is 2. The van der Waals surface area contributed by atoms with Gasteiger partial charge in [-0.05, 0) is 44.5 Å². The number of hydrogen-bond acceptors (Lipinski definition) is 3. The van der Waals surface area contributed by atoms with E-state index in [1.54, 1.807) is 32.0 Å². The average molecular weight is 445 g/mol. The van der Waals surface area contributed by atoms with Crippen molar-refractivity contribution in [2.75, 3.05) is 5.32 Å². The van der Waals surface area contributed by atoms with Gasteiger partial charge in [0.05, 0.1) is 22.8 Å². The van der Waals surface area contributed by atoms with Crippen LogP contribution in [-0.4, -0.2) is 16.6 Å². The SMILES string of the molecule is Cc1ccc2[nH]c(=O)ccc2c1NC(=O)N[C@@H]1CC(C)(C)Oc2c1cccc2C(F)(F)F. The molecule has 0 saturated heterocycles. The number of anilines is 1. The van der Waals surface area contributed by atoms with Crippen LogP contribution < -0.4 is 20.9 Å². The fourth-order valence-electron chi connectivity index (χ4n) is 4.03. The van der Waals surface area contributed by atoms with E-state index in [1.165, 1.54) is 18.2 Å². The Hall–Kier alpha value is -3.49. The summed E-state index contributed by atoms with van der Waals surface area (Å²) in [6.45, 7) is 5.17. The number of fused-ring (bicyclic) bond motifs is 2. The first-order valence-electron chi connectivity index (χ1n) is 10.0.